The molecule has 0 amide bonds. The minimum atomic E-state index is -0.228. The van der Waals surface area contributed by atoms with Crippen molar-refractivity contribution in [1.82, 2.24) is 19.7 Å². The number of hydrogen-bond acceptors (Lipinski definition) is 5. The molecule has 138 valence electrons. The molecule has 1 aromatic carbocycles. The van der Waals surface area contributed by atoms with Crippen LogP contribution in [0.5, 0.6) is 0 Å². The number of aromatic nitrogens is 4. The van der Waals surface area contributed by atoms with E-state index in [-0.39, 0.29) is 11.0 Å². The van der Waals surface area contributed by atoms with Gasteiger partial charge < -0.3 is 0 Å². The summed E-state index contributed by atoms with van der Waals surface area (Å²) in [7, 11) is 0. The fourth-order valence-electron chi connectivity index (χ4n) is 3.14. The van der Waals surface area contributed by atoms with Gasteiger partial charge in [-0.2, -0.15) is 0 Å². The maximum atomic E-state index is 13.0. The van der Waals surface area contributed by atoms with Crippen LogP contribution in [0.1, 0.15) is 47.3 Å². The number of hydrogen-bond donors (Lipinski definition) is 0. The lowest BCUT2D eigenvalue weighted by Crippen LogP contribution is -2.16. The van der Waals surface area contributed by atoms with Gasteiger partial charge in [0.15, 0.2) is 16.8 Å². The molecule has 0 unspecified atom stereocenters. The molecule has 0 N–H and O–H groups in total. The van der Waals surface area contributed by atoms with E-state index in [0.29, 0.717) is 6.04 Å². The third-order valence-electron chi connectivity index (χ3n) is 4.81. The number of carbonyl (C=O) groups excluding carboxylic acids is 1. The Labute approximate surface area is 163 Å². The van der Waals surface area contributed by atoms with Gasteiger partial charge in [0, 0.05) is 29.6 Å². The van der Waals surface area contributed by atoms with Crippen molar-refractivity contribution in [2.45, 2.75) is 50.1 Å². The molecule has 27 heavy (non-hydrogen) atoms. The van der Waals surface area contributed by atoms with Gasteiger partial charge >= 0.3 is 0 Å². The Morgan fingerprint density at radius 2 is 2.04 bits per heavy atom. The monoisotopic (exact) mass is 378 g/mol. The van der Waals surface area contributed by atoms with Crippen molar-refractivity contribution in [2.24, 2.45) is 0 Å². The van der Waals surface area contributed by atoms with Crippen LogP contribution < -0.4 is 0 Å². The highest BCUT2D eigenvalue weighted by molar-refractivity contribution is 8.00. The molecule has 0 spiro atoms. The van der Waals surface area contributed by atoms with E-state index in [2.05, 4.69) is 19.7 Å². The van der Waals surface area contributed by atoms with Crippen molar-refractivity contribution in [3.8, 4) is 11.4 Å². The molecule has 1 aliphatic carbocycles. The first-order valence-corrected chi connectivity index (χ1v) is 10.1. The Bertz CT molecular complexity index is 979. The first kappa shape index (κ1) is 17.9. The molecule has 1 atom stereocenters. The quantitative estimate of drug-likeness (QED) is 0.461. The zero-order valence-corrected chi connectivity index (χ0v) is 16.5. The molecular weight excluding hydrogens is 356 g/mol. The van der Waals surface area contributed by atoms with Crippen molar-refractivity contribution in [3.05, 3.63) is 59.4 Å². The Balaban J connectivity index is 1.62. The van der Waals surface area contributed by atoms with Gasteiger partial charge in [-0.1, -0.05) is 29.5 Å². The zero-order chi connectivity index (χ0) is 19.0. The van der Waals surface area contributed by atoms with Crippen LogP contribution in [0.15, 0.2) is 47.9 Å². The van der Waals surface area contributed by atoms with Crippen LogP contribution in [-0.4, -0.2) is 30.8 Å². The molecule has 0 bridgehead atoms. The van der Waals surface area contributed by atoms with Crippen LogP contribution in [0.2, 0.25) is 0 Å². The summed E-state index contributed by atoms with van der Waals surface area (Å²) in [4.78, 5) is 17.2. The Morgan fingerprint density at radius 3 is 2.74 bits per heavy atom. The Hall–Kier alpha value is -2.47. The van der Waals surface area contributed by atoms with E-state index in [1.165, 1.54) is 11.8 Å². The van der Waals surface area contributed by atoms with Gasteiger partial charge in [-0.25, -0.2) is 0 Å². The van der Waals surface area contributed by atoms with Gasteiger partial charge in [0.2, 0.25) is 0 Å². The standard InChI is InChI=1S/C21H22N4OS/c1-13-6-7-14(2)18(11-13)19(26)15(3)27-21-24-23-20(25(21)17-8-9-17)16-5-4-10-22-12-16/h4-7,10-12,15,17H,8-9H2,1-3H3/t15-/m0/s1. The van der Waals surface area contributed by atoms with Crippen LogP contribution in [0.25, 0.3) is 11.4 Å². The van der Waals surface area contributed by atoms with Crippen LogP contribution in [0.4, 0.5) is 0 Å². The molecule has 6 heteroatoms. The number of thioether (sulfide) groups is 1. The van der Waals surface area contributed by atoms with E-state index < -0.39 is 0 Å². The first-order chi connectivity index (χ1) is 13.0. The van der Waals surface area contributed by atoms with Gasteiger partial charge in [0.05, 0.1) is 5.25 Å². The number of nitrogens with zero attached hydrogens (tertiary/aromatic N) is 4. The molecule has 0 saturated heterocycles. The predicted molar refractivity (Wildman–Crippen MR) is 107 cm³/mol. The summed E-state index contributed by atoms with van der Waals surface area (Å²) in [5.74, 6) is 0.967. The molecule has 3 aromatic rings. The minimum absolute atomic E-state index is 0.134. The number of benzene rings is 1. The lowest BCUT2D eigenvalue weighted by molar-refractivity contribution is 0.0993. The number of aryl methyl sites for hydroxylation is 2. The second-order valence-electron chi connectivity index (χ2n) is 7.09. The molecule has 0 aliphatic heterocycles. The van der Waals surface area contributed by atoms with E-state index >= 15 is 0 Å². The molecule has 2 aromatic heterocycles. The molecule has 1 saturated carbocycles. The largest absolute Gasteiger partial charge is 0.299 e. The highest BCUT2D eigenvalue weighted by Gasteiger charge is 2.31. The second-order valence-corrected chi connectivity index (χ2v) is 8.40. The molecule has 1 aliphatic rings. The third kappa shape index (κ3) is 3.67. The summed E-state index contributed by atoms with van der Waals surface area (Å²) in [6, 6.07) is 10.3. The number of pyridine rings is 1. The van der Waals surface area contributed by atoms with E-state index in [9.17, 15) is 4.79 Å². The SMILES string of the molecule is Cc1ccc(C)c(C(=O)[C@H](C)Sc2nnc(-c3cccnc3)n2C2CC2)c1. The summed E-state index contributed by atoms with van der Waals surface area (Å²) < 4.78 is 2.18. The van der Waals surface area contributed by atoms with Crippen molar-refractivity contribution >= 4 is 17.5 Å². The van der Waals surface area contributed by atoms with Crippen molar-refractivity contribution in [3.63, 3.8) is 0 Å². The smallest absolute Gasteiger partial charge is 0.192 e. The highest BCUT2D eigenvalue weighted by atomic mass is 32.2. The van der Waals surface area contributed by atoms with Crippen molar-refractivity contribution in [2.75, 3.05) is 0 Å². The Kier molecular flexibility index (Phi) is 4.83. The normalized spacial score (nSPS) is 14.9. The van der Waals surface area contributed by atoms with E-state index in [1.54, 1.807) is 6.20 Å². The second kappa shape index (κ2) is 7.27. The molecule has 2 heterocycles. The minimum Gasteiger partial charge on any atom is -0.299 e. The van der Waals surface area contributed by atoms with E-state index in [4.69, 9.17) is 0 Å². The van der Waals surface area contributed by atoms with Gasteiger partial charge in [0.1, 0.15) is 0 Å². The third-order valence-corrected chi connectivity index (χ3v) is 5.86. The van der Waals surface area contributed by atoms with Gasteiger partial charge in [-0.3, -0.25) is 14.3 Å². The lowest BCUT2D eigenvalue weighted by Gasteiger charge is -2.14. The van der Waals surface area contributed by atoms with Crippen LogP contribution in [-0.2, 0) is 0 Å². The maximum Gasteiger partial charge on any atom is 0.192 e. The van der Waals surface area contributed by atoms with E-state index in [0.717, 1.165) is 46.1 Å². The van der Waals surface area contributed by atoms with Gasteiger partial charge in [-0.15, -0.1) is 10.2 Å². The molecule has 1 fully saturated rings. The van der Waals surface area contributed by atoms with Crippen molar-refractivity contribution in [1.29, 1.82) is 0 Å². The summed E-state index contributed by atoms with van der Waals surface area (Å²) >= 11 is 1.49. The van der Waals surface area contributed by atoms with Crippen LogP contribution in [0.3, 0.4) is 0 Å². The topological polar surface area (TPSA) is 60.7 Å². The summed E-state index contributed by atoms with van der Waals surface area (Å²) in [5, 5.41) is 9.39. The molecule has 5 nitrogen and oxygen atoms in total. The average molecular weight is 379 g/mol. The fourth-order valence-corrected chi connectivity index (χ4v) is 4.13. The first-order valence-electron chi connectivity index (χ1n) is 9.18. The van der Waals surface area contributed by atoms with E-state index in [1.807, 2.05) is 57.3 Å². The summed E-state index contributed by atoms with van der Waals surface area (Å²) in [6.45, 7) is 5.94. The van der Waals surface area contributed by atoms with Gasteiger partial charge in [-0.05, 0) is 57.4 Å². The number of Topliss-reactive ketones (excluding diaryl/α,β-unsaturated/α-hetero) is 1. The fraction of sp³-hybridized carbons (Fsp3) is 0.333. The summed E-state index contributed by atoms with van der Waals surface area (Å²) in [6.07, 6.45) is 5.81. The maximum absolute atomic E-state index is 13.0. The van der Waals surface area contributed by atoms with Crippen LogP contribution in [0, 0.1) is 13.8 Å². The molecular formula is C21H22N4OS. The molecule has 0 radical (unpaired) electrons. The number of carbonyl (C=O) groups is 1. The summed E-state index contributed by atoms with van der Waals surface area (Å²) in [5.41, 5.74) is 3.86. The average Bonchev–Trinajstić information content (AvgIpc) is 3.44. The van der Waals surface area contributed by atoms with Gasteiger partial charge in [0.25, 0.3) is 0 Å². The lowest BCUT2D eigenvalue weighted by atomic mass is 10.0. The number of ketones is 1. The van der Waals surface area contributed by atoms with Crippen molar-refractivity contribution < 1.29 is 4.79 Å². The zero-order valence-electron chi connectivity index (χ0n) is 15.7. The van der Waals surface area contributed by atoms with Crippen LogP contribution >= 0.6 is 11.8 Å². The number of rotatable bonds is 6. The Morgan fingerprint density at radius 1 is 1.22 bits per heavy atom. The molecule has 4 rings (SSSR count). The predicted octanol–water partition coefficient (Wildman–Crippen LogP) is 4.66. The highest BCUT2D eigenvalue weighted by Crippen LogP contribution is 2.41.